The van der Waals surface area contributed by atoms with Crippen LogP contribution in [-0.2, 0) is 4.79 Å². The molecule has 0 spiro atoms. The van der Waals surface area contributed by atoms with Gasteiger partial charge in [-0.25, -0.2) is 4.79 Å². The minimum absolute atomic E-state index is 0.0846. The van der Waals surface area contributed by atoms with E-state index in [9.17, 15) is 9.59 Å². The second-order valence-electron chi connectivity index (χ2n) is 5.59. The molecular formula is C13H23N3O3. The Kier molecular flexibility index (Phi) is 4.63. The smallest absolute Gasteiger partial charge is 0.315 e. The number of carboxylic acids is 1. The Labute approximate surface area is 113 Å². The molecule has 3 atom stereocenters. The predicted octanol–water partition coefficient (Wildman–Crippen LogP) is 0.776. The number of fused-ring (bicyclic) bond motifs is 1. The van der Waals surface area contributed by atoms with Crippen molar-refractivity contribution < 1.29 is 14.7 Å². The van der Waals surface area contributed by atoms with Gasteiger partial charge in [0.25, 0.3) is 0 Å². The third-order valence-corrected chi connectivity index (χ3v) is 4.09. The average Bonchev–Trinajstić information content (AvgIpc) is 2.91. The predicted molar refractivity (Wildman–Crippen MR) is 71.0 cm³/mol. The number of urea groups is 1. The first-order valence-corrected chi connectivity index (χ1v) is 7.09. The van der Waals surface area contributed by atoms with Gasteiger partial charge < -0.3 is 15.7 Å². The summed E-state index contributed by atoms with van der Waals surface area (Å²) >= 11 is 0. The molecule has 2 rings (SSSR count). The van der Waals surface area contributed by atoms with E-state index in [0.717, 1.165) is 19.5 Å². The Morgan fingerprint density at radius 1 is 1.37 bits per heavy atom. The van der Waals surface area contributed by atoms with Crippen LogP contribution in [0.3, 0.4) is 0 Å². The van der Waals surface area contributed by atoms with Gasteiger partial charge in [0.05, 0.1) is 0 Å². The zero-order valence-electron chi connectivity index (χ0n) is 11.4. The van der Waals surface area contributed by atoms with Gasteiger partial charge in [-0.2, -0.15) is 0 Å². The molecule has 3 N–H and O–H groups in total. The molecule has 0 radical (unpaired) electrons. The zero-order chi connectivity index (χ0) is 13.8. The van der Waals surface area contributed by atoms with Crippen molar-refractivity contribution in [2.75, 3.05) is 13.1 Å². The first-order valence-electron chi connectivity index (χ1n) is 7.09. The minimum Gasteiger partial charge on any atom is -0.481 e. The molecule has 0 bridgehead atoms. The molecule has 2 fully saturated rings. The number of hydrogen-bond acceptors (Lipinski definition) is 3. The van der Waals surface area contributed by atoms with Crippen molar-refractivity contribution in [2.45, 2.75) is 57.2 Å². The molecule has 0 aromatic carbocycles. The van der Waals surface area contributed by atoms with Crippen molar-refractivity contribution in [2.24, 2.45) is 0 Å². The largest absolute Gasteiger partial charge is 0.481 e. The van der Waals surface area contributed by atoms with Gasteiger partial charge in [-0.15, -0.1) is 0 Å². The lowest BCUT2D eigenvalue weighted by Gasteiger charge is -2.22. The van der Waals surface area contributed by atoms with Gasteiger partial charge in [-0.05, 0) is 39.2 Å². The fourth-order valence-electron chi connectivity index (χ4n) is 3.10. The van der Waals surface area contributed by atoms with Crippen LogP contribution in [0.2, 0.25) is 0 Å². The van der Waals surface area contributed by atoms with Crippen LogP contribution in [-0.4, -0.2) is 53.2 Å². The average molecular weight is 269 g/mol. The Balaban J connectivity index is 1.70. The number of carbonyl (C=O) groups excluding carboxylic acids is 1. The maximum atomic E-state index is 11.9. The lowest BCUT2D eigenvalue weighted by molar-refractivity contribution is -0.137. The number of nitrogens with one attached hydrogen (secondary N) is 2. The van der Waals surface area contributed by atoms with E-state index in [2.05, 4.69) is 15.5 Å². The highest BCUT2D eigenvalue weighted by molar-refractivity contribution is 5.74. The highest BCUT2D eigenvalue weighted by atomic mass is 16.4. The highest BCUT2D eigenvalue weighted by Crippen LogP contribution is 2.27. The molecule has 108 valence electrons. The van der Waals surface area contributed by atoms with E-state index in [4.69, 9.17) is 5.11 Å². The molecule has 2 heterocycles. The topological polar surface area (TPSA) is 81.7 Å². The monoisotopic (exact) mass is 269 g/mol. The van der Waals surface area contributed by atoms with Gasteiger partial charge in [0.1, 0.15) is 0 Å². The summed E-state index contributed by atoms with van der Waals surface area (Å²) < 4.78 is 0. The van der Waals surface area contributed by atoms with E-state index in [-0.39, 0.29) is 24.5 Å². The lowest BCUT2D eigenvalue weighted by atomic mass is 10.1. The number of carboxylic acid groups (broad SMARTS) is 1. The molecule has 0 aromatic rings. The lowest BCUT2D eigenvalue weighted by Crippen LogP contribution is -2.49. The highest BCUT2D eigenvalue weighted by Gasteiger charge is 2.37. The van der Waals surface area contributed by atoms with Crippen molar-refractivity contribution in [3.63, 3.8) is 0 Å². The van der Waals surface area contributed by atoms with Crippen LogP contribution in [0.4, 0.5) is 4.79 Å². The summed E-state index contributed by atoms with van der Waals surface area (Å²) in [5.74, 6) is -0.827. The summed E-state index contributed by atoms with van der Waals surface area (Å²) in [5.41, 5.74) is 0. The second kappa shape index (κ2) is 6.23. The van der Waals surface area contributed by atoms with Crippen molar-refractivity contribution in [3.05, 3.63) is 0 Å². The summed E-state index contributed by atoms with van der Waals surface area (Å²) in [6.45, 7) is 4.06. The number of rotatable bonds is 5. The molecular weight excluding hydrogens is 246 g/mol. The maximum absolute atomic E-state index is 11.9. The van der Waals surface area contributed by atoms with Crippen LogP contribution in [0.1, 0.15) is 39.0 Å². The van der Waals surface area contributed by atoms with E-state index in [0.29, 0.717) is 12.5 Å². The number of hydrogen-bond donors (Lipinski definition) is 3. The summed E-state index contributed by atoms with van der Waals surface area (Å²) in [6.07, 6.45) is 3.95. The molecule has 2 aliphatic rings. The van der Waals surface area contributed by atoms with Gasteiger partial charge >= 0.3 is 12.0 Å². The van der Waals surface area contributed by atoms with Crippen LogP contribution in [0.15, 0.2) is 0 Å². The summed E-state index contributed by atoms with van der Waals surface area (Å²) in [5, 5.41) is 14.4. The van der Waals surface area contributed by atoms with E-state index >= 15 is 0 Å². The van der Waals surface area contributed by atoms with Crippen molar-refractivity contribution >= 4 is 12.0 Å². The maximum Gasteiger partial charge on any atom is 0.315 e. The van der Waals surface area contributed by atoms with Crippen molar-refractivity contribution in [3.8, 4) is 0 Å². The number of carbonyl (C=O) groups is 2. The van der Waals surface area contributed by atoms with E-state index in [1.165, 1.54) is 12.8 Å². The Bertz CT molecular complexity index is 348. The zero-order valence-corrected chi connectivity index (χ0v) is 11.4. The quantitative estimate of drug-likeness (QED) is 0.689. The van der Waals surface area contributed by atoms with Gasteiger partial charge in [0, 0.05) is 31.1 Å². The van der Waals surface area contributed by atoms with Crippen LogP contribution in [0, 0.1) is 0 Å². The molecule has 0 aliphatic carbocycles. The second-order valence-corrected chi connectivity index (χ2v) is 5.59. The molecule has 6 heteroatoms. The first kappa shape index (κ1) is 14.1. The van der Waals surface area contributed by atoms with Crippen LogP contribution in [0.5, 0.6) is 0 Å². The fourth-order valence-corrected chi connectivity index (χ4v) is 3.10. The molecule has 2 amide bonds. The standard InChI is InChI=1S/C13H23N3O3/c1-9(4-5-12(17)18)14-13(19)15-10-6-8-16-7-2-3-11(10)16/h9-11H,2-8H2,1H3,(H,17,18)(H2,14,15,19). The molecule has 0 aromatic heterocycles. The molecule has 2 aliphatic heterocycles. The molecule has 3 unspecified atom stereocenters. The van der Waals surface area contributed by atoms with Gasteiger partial charge in [0.2, 0.25) is 0 Å². The Morgan fingerprint density at radius 3 is 2.89 bits per heavy atom. The van der Waals surface area contributed by atoms with Crippen molar-refractivity contribution in [1.29, 1.82) is 0 Å². The Morgan fingerprint density at radius 2 is 2.16 bits per heavy atom. The summed E-state index contributed by atoms with van der Waals surface area (Å²) in [4.78, 5) is 24.8. The van der Waals surface area contributed by atoms with Crippen molar-refractivity contribution in [1.82, 2.24) is 15.5 Å². The molecule has 6 nitrogen and oxygen atoms in total. The Hall–Kier alpha value is -1.30. The normalized spacial score (nSPS) is 27.8. The number of amides is 2. The van der Waals surface area contributed by atoms with Crippen LogP contribution < -0.4 is 10.6 Å². The molecule has 19 heavy (non-hydrogen) atoms. The summed E-state index contributed by atoms with van der Waals surface area (Å²) in [6, 6.07) is 0.461. The number of aliphatic carboxylic acids is 1. The van der Waals surface area contributed by atoms with E-state index in [1.807, 2.05) is 6.92 Å². The third-order valence-electron chi connectivity index (χ3n) is 4.09. The van der Waals surface area contributed by atoms with Gasteiger partial charge in [-0.1, -0.05) is 0 Å². The minimum atomic E-state index is -0.827. The van der Waals surface area contributed by atoms with Crippen LogP contribution >= 0.6 is 0 Å². The van der Waals surface area contributed by atoms with Gasteiger partial charge in [0.15, 0.2) is 0 Å². The SMILES string of the molecule is CC(CCC(=O)O)NC(=O)NC1CCN2CCCC12. The number of nitrogens with zero attached hydrogens (tertiary/aromatic N) is 1. The third kappa shape index (κ3) is 3.83. The van der Waals surface area contributed by atoms with Crippen LogP contribution in [0.25, 0.3) is 0 Å². The molecule has 2 saturated heterocycles. The van der Waals surface area contributed by atoms with Gasteiger partial charge in [-0.3, -0.25) is 9.69 Å². The summed E-state index contributed by atoms with van der Waals surface area (Å²) in [7, 11) is 0. The van der Waals surface area contributed by atoms with E-state index in [1.54, 1.807) is 0 Å². The van der Waals surface area contributed by atoms with E-state index < -0.39 is 5.97 Å². The fraction of sp³-hybridized carbons (Fsp3) is 0.846. The molecule has 0 saturated carbocycles. The first-order chi connectivity index (χ1) is 9.06.